The van der Waals surface area contributed by atoms with E-state index in [0.717, 1.165) is 5.01 Å². The number of benzene rings is 1. The van der Waals surface area contributed by atoms with Gasteiger partial charge in [-0.05, 0) is 18.9 Å². The van der Waals surface area contributed by atoms with E-state index >= 15 is 0 Å². The quantitative estimate of drug-likeness (QED) is 0.341. The van der Waals surface area contributed by atoms with Crippen LogP contribution in [0.2, 0.25) is 0 Å². The molecule has 27 heavy (non-hydrogen) atoms. The number of aliphatic carboxylic acids is 1. The van der Waals surface area contributed by atoms with Gasteiger partial charge in [0, 0.05) is 30.0 Å². The summed E-state index contributed by atoms with van der Waals surface area (Å²) in [6, 6.07) is 3.34. The summed E-state index contributed by atoms with van der Waals surface area (Å²) in [7, 11) is 1.53. The van der Waals surface area contributed by atoms with Gasteiger partial charge < -0.3 is 26.3 Å². The standard InChI is InChI=1S/C17H18N6O3S/c1-26-12-6-10(19)9(7-18)5-11(12)22-16-15-17(21-8-20-16)27-13(23-15)3-2-4-14(24)25/h5-8,18H,2-4,19H2,1H3,(H,24,25)(H,20,21,22). The van der Waals surface area contributed by atoms with E-state index in [1.54, 1.807) is 12.1 Å². The van der Waals surface area contributed by atoms with Gasteiger partial charge in [0.25, 0.3) is 0 Å². The number of fused-ring (bicyclic) bond motifs is 1. The highest BCUT2D eigenvalue weighted by Gasteiger charge is 2.14. The number of carboxylic acids is 1. The molecule has 0 saturated heterocycles. The first-order valence-corrected chi connectivity index (χ1v) is 8.90. The Kier molecular flexibility index (Phi) is 5.46. The number of carboxylic acid groups (broad SMARTS) is 1. The molecule has 0 fully saturated rings. The van der Waals surface area contributed by atoms with E-state index in [2.05, 4.69) is 20.3 Å². The van der Waals surface area contributed by atoms with Gasteiger partial charge in [-0.2, -0.15) is 0 Å². The van der Waals surface area contributed by atoms with E-state index in [-0.39, 0.29) is 6.42 Å². The van der Waals surface area contributed by atoms with E-state index < -0.39 is 5.97 Å². The third-order valence-electron chi connectivity index (χ3n) is 3.83. The van der Waals surface area contributed by atoms with Crippen LogP contribution in [0.1, 0.15) is 23.4 Å². The van der Waals surface area contributed by atoms with Crippen LogP contribution in [0.3, 0.4) is 0 Å². The van der Waals surface area contributed by atoms with Crippen molar-refractivity contribution in [1.29, 1.82) is 5.41 Å². The second-order valence-electron chi connectivity index (χ2n) is 5.68. The predicted molar refractivity (Wildman–Crippen MR) is 104 cm³/mol. The van der Waals surface area contributed by atoms with Gasteiger partial charge >= 0.3 is 5.97 Å². The molecule has 140 valence electrons. The number of aromatic nitrogens is 3. The lowest BCUT2D eigenvalue weighted by Gasteiger charge is -2.13. The molecule has 0 unspecified atom stereocenters. The minimum absolute atomic E-state index is 0.0990. The molecule has 0 aliphatic rings. The fourth-order valence-electron chi connectivity index (χ4n) is 2.52. The highest BCUT2D eigenvalue weighted by Crippen LogP contribution is 2.34. The Morgan fingerprint density at radius 2 is 2.26 bits per heavy atom. The molecule has 5 N–H and O–H groups in total. The zero-order valence-corrected chi connectivity index (χ0v) is 15.3. The second-order valence-corrected chi connectivity index (χ2v) is 6.74. The summed E-state index contributed by atoms with van der Waals surface area (Å²) in [4.78, 5) is 24.4. The largest absolute Gasteiger partial charge is 0.494 e. The van der Waals surface area contributed by atoms with Crippen molar-refractivity contribution in [2.45, 2.75) is 19.3 Å². The van der Waals surface area contributed by atoms with Crippen LogP contribution in [0.25, 0.3) is 10.3 Å². The Balaban J connectivity index is 1.92. The highest BCUT2D eigenvalue weighted by atomic mass is 32.1. The van der Waals surface area contributed by atoms with Crippen molar-refractivity contribution in [2.24, 2.45) is 0 Å². The maximum atomic E-state index is 10.7. The predicted octanol–water partition coefficient (Wildman–Crippen LogP) is 2.83. The fraction of sp³-hybridized carbons (Fsp3) is 0.235. The summed E-state index contributed by atoms with van der Waals surface area (Å²) < 4.78 is 5.36. The molecule has 0 atom stereocenters. The summed E-state index contributed by atoms with van der Waals surface area (Å²) >= 11 is 1.41. The van der Waals surface area contributed by atoms with Crippen molar-refractivity contribution in [2.75, 3.05) is 18.2 Å². The number of hydrogen-bond donors (Lipinski definition) is 4. The van der Waals surface area contributed by atoms with Crippen molar-refractivity contribution in [1.82, 2.24) is 15.0 Å². The van der Waals surface area contributed by atoms with Crippen molar-refractivity contribution in [3.05, 3.63) is 29.0 Å². The number of methoxy groups -OCH3 is 1. The molecule has 0 aliphatic heterocycles. The Morgan fingerprint density at radius 3 is 2.96 bits per heavy atom. The lowest BCUT2D eigenvalue weighted by molar-refractivity contribution is -0.137. The Labute approximate surface area is 158 Å². The summed E-state index contributed by atoms with van der Waals surface area (Å²) in [5.74, 6) is 0.192. The van der Waals surface area contributed by atoms with Gasteiger partial charge in [0.1, 0.15) is 22.4 Å². The SMILES string of the molecule is COc1cc(N)c(C=N)cc1Nc1ncnc2sc(CCCC(=O)O)nc12. The molecule has 3 rings (SSSR count). The lowest BCUT2D eigenvalue weighted by Crippen LogP contribution is -2.02. The maximum Gasteiger partial charge on any atom is 0.303 e. The van der Waals surface area contributed by atoms with Crippen LogP contribution in [-0.2, 0) is 11.2 Å². The van der Waals surface area contributed by atoms with Crippen LogP contribution < -0.4 is 15.8 Å². The van der Waals surface area contributed by atoms with Gasteiger partial charge in [-0.3, -0.25) is 4.79 Å². The van der Waals surface area contributed by atoms with E-state index in [4.69, 9.17) is 21.0 Å². The number of carbonyl (C=O) groups is 1. The molecule has 9 nitrogen and oxygen atoms in total. The number of thiazole rings is 1. The number of nitrogen functional groups attached to an aromatic ring is 1. The third-order valence-corrected chi connectivity index (χ3v) is 4.86. The first kappa shape index (κ1) is 18.5. The fourth-order valence-corrected chi connectivity index (χ4v) is 3.46. The maximum absolute atomic E-state index is 10.7. The van der Waals surface area contributed by atoms with E-state index in [9.17, 15) is 4.79 Å². The molecular weight excluding hydrogens is 368 g/mol. The van der Waals surface area contributed by atoms with Crippen molar-refractivity contribution in [3.8, 4) is 5.75 Å². The summed E-state index contributed by atoms with van der Waals surface area (Å²) in [5.41, 5.74) is 8.09. The minimum Gasteiger partial charge on any atom is -0.494 e. The van der Waals surface area contributed by atoms with Gasteiger partial charge in [0.05, 0.1) is 17.8 Å². The number of nitrogens with zero attached hydrogens (tertiary/aromatic N) is 3. The van der Waals surface area contributed by atoms with Crippen LogP contribution >= 0.6 is 11.3 Å². The van der Waals surface area contributed by atoms with Gasteiger partial charge in [0.15, 0.2) is 5.82 Å². The Bertz CT molecular complexity index is 1000. The van der Waals surface area contributed by atoms with Crippen molar-refractivity contribution < 1.29 is 14.6 Å². The number of ether oxygens (including phenoxy) is 1. The Hall–Kier alpha value is -3.27. The van der Waals surface area contributed by atoms with Crippen LogP contribution in [0.15, 0.2) is 18.5 Å². The van der Waals surface area contributed by atoms with E-state index in [1.165, 1.54) is 31.0 Å². The normalized spacial score (nSPS) is 10.7. The van der Waals surface area contributed by atoms with E-state index in [1.807, 2.05) is 0 Å². The first-order valence-electron chi connectivity index (χ1n) is 8.09. The molecule has 10 heteroatoms. The van der Waals surface area contributed by atoms with Crippen molar-refractivity contribution >= 4 is 51.1 Å². The molecule has 2 aromatic heterocycles. The molecule has 0 saturated carbocycles. The summed E-state index contributed by atoms with van der Waals surface area (Å²) in [6.07, 6.45) is 3.78. The molecule has 1 aromatic carbocycles. The van der Waals surface area contributed by atoms with Gasteiger partial charge in [-0.25, -0.2) is 15.0 Å². The molecule has 2 heterocycles. The lowest BCUT2D eigenvalue weighted by atomic mass is 10.1. The molecule has 0 amide bonds. The zero-order valence-electron chi connectivity index (χ0n) is 14.5. The molecule has 3 aromatic rings. The number of nitrogens with one attached hydrogen (secondary N) is 2. The first-order chi connectivity index (χ1) is 13.0. The number of rotatable bonds is 8. The second kappa shape index (κ2) is 7.96. The van der Waals surface area contributed by atoms with E-state index in [0.29, 0.717) is 51.7 Å². The molecule has 0 aliphatic carbocycles. The van der Waals surface area contributed by atoms with Crippen LogP contribution in [0.4, 0.5) is 17.2 Å². The number of anilines is 3. The van der Waals surface area contributed by atoms with Crippen molar-refractivity contribution in [3.63, 3.8) is 0 Å². The van der Waals surface area contributed by atoms with Crippen LogP contribution in [0.5, 0.6) is 5.75 Å². The average molecular weight is 386 g/mol. The molecule has 0 radical (unpaired) electrons. The molecule has 0 spiro atoms. The van der Waals surface area contributed by atoms with Gasteiger partial charge in [-0.1, -0.05) is 11.3 Å². The summed E-state index contributed by atoms with van der Waals surface area (Å²) in [5, 5.41) is 20.2. The monoisotopic (exact) mass is 386 g/mol. The molecule has 0 bridgehead atoms. The van der Waals surface area contributed by atoms with Gasteiger partial charge in [0.2, 0.25) is 0 Å². The highest BCUT2D eigenvalue weighted by molar-refractivity contribution is 7.18. The zero-order chi connectivity index (χ0) is 19.4. The average Bonchev–Trinajstić information content (AvgIpc) is 3.06. The van der Waals surface area contributed by atoms with Gasteiger partial charge in [-0.15, -0.1) is 0 Å². The molecular formula is C17H18N6O3S. The van der Waals surface area contributed by atoms with Crippen LogP contribution in [-0.4, -0.2) is 39.4 Å². The third kappa shape index (κ3) is 4.11. The summed E-state index contributed by atoms with van der Waals surface area (Å²) in [6.45, 7) is 0. The minimum atomic E-state index is -0.823. The Morgan fingerprint density at radius 1 is 1.44 bits per heavy atom. The number of hydrogen-bond acceptors (Lipinski definition) is 9. The smallest absolute Gasteiger partial charge is 0.303 e. The number of nitrogens with two attached hydrogens (primary N) is 1. The van der Waals surface area contributed by atoms with Crippen LogP contribution in [0, 0.1) is 5.41 Å². The topological polar surface area (TPSA) is 147 Å². The number of aryl methyl sites for hydroxylation is 1.